The number of nitrogens with one attached hydrogen (secondary N) is 1. The van der Waals surface area contributed by atoms with Crippen molar-refractivity contribution in [1.29, 1.82) is 0 Å². The van der Waals surface area contributed by atoms with E-state index in [1.165, 1.54) is 6.92 Å². The van der Waals surface area contributed by atoms with Gasteiger partial charge in [0.05, 0.1) is 5.69 Å². The van der Waals surface area contributed by atoms with Gasteiger partial charge in [-0.3, -0.25) is 4.79 Å². The van der Waals surface area contributed by atoms with Gasteiger partial charge in [-0.05, 0) is 64.0 Å². The lowest BCUT2D eigenvalue weighted by Crippen LogP contribution is -2.09. The predicted molar refractivity (Wildman–Crippen MR) is 110 cm³/mol. The second kappa shape index (κ2) is 7.75. The predicted octanol–water partition coefficient (Wildman–Crippen LogP) is 3.82. The highest BCUT2D eigenvalue weighted by Crippen LogP contribution is 2.28. The molecule has 3 rings (SSSR count). The van der Waals surface area contributed by atoms with Gasteiger partial charge in [-0.15, -0.1) is 0 Å². The Bertz CT molecular complexity index is 963. The largest absolute Gasteiger partial charge is 0.402 e. The Labute approximate surface area is 165 Å². The van der Waals surface area contributed by atoms with Gasteiger partial charge in [0.1, 0.15) is 0 Å². The fraction of sp³-hybridized carbons (Fsp3) is 0.150. The lowest BCUT2D eigenvalue weighted by atomic mass is 10.1. The summed E-state index contributed by atoms with van der Waals surface area (Å²) in [5.74, 6) is -0.405. The monoisotopic (exact) mass is 427 g/mol. The summed E-state index contributed by atoms with van der Waals surface area (Å²) in [6, 6.07) is 12.7. The van der Waals surface area contributed by atoms with Crippen LogP contribution in [-0.4, -0.2) is 31.9 Å². The molecule has 0 radical (unpaired) electrons. The van der Waals surface area contributed by atoms with Gasteiger partial charge < -0.3 is 15.0 Å². The van der Waals surface area contributed by atoms with Crippen molar-refractivity contribution in [2.75, 3.05) is 24.3 Å². The first-order valence-corrected chi connectivity index (χ1v) is 9.00. The van der Waals surface area contributed by atoms with Crippen molar-refractivity contribution in [2.45, 2.75) is 6.92 Å². The minimum Gasteiger partial charge on any atom is -0.402 e. The molecule has 1 amide bonds. The molecule has 1 heterocycles. The Hall–Kier alpha value is -2.93. The number of halogens is 1. The van der Waals surface area contributed by atoms with Crippen LogP contribution < -0.4 is 10.2 Å². The van der Waals surface area contributed by atoms with E-state index in [9.17, 15) is 9.59 Å². The highest BCUT2D eigenvalue weighted by Gasteiger charge is 2.24. The van der Waals surface area contributed by atoms with Crippen LogP contribution in [0.3, 0.4) is 0 Å². The SMILES string of the molecule is CC(=O)Nc1ccc(C2=NC(=Cc3ccc(N(C)C)c(Br)c3)C(=O)O2)cc1. The average Bonchev–Trinajstić information content (AvgIpc) is 2.95. The van der Waals surface area contributed by atoms with Crippen molar-refractivity contribution in [3.8, 4) is 0 Å². The van der Waals surface area contributed by atoms with Gasteiger partial charge >= 0.3 is 5.97 Å². The van der Waals surface area contributed by atoms with Crippen LogP contribution in [0.15, 0.2) is 57.6 Å². The van der Waals surface area contributed by atoms with E-state index >= 15 is 0 Å². The van der Waals surface area contributed by atoms with E-state index in [4.69, 9.17) is 4.74 Å². The van der Waals surface area contributed by atoms with E-state index in [-0.39, 0.29) is 17.5 Å². The Morgan fingerprint density at radius 2 is 1.89 bits per heavy atom. The number of nitrogens with zero attached hydrogens (tertiary/aromatic N) is 2. The van der Waals surface area contributed by atoms with Crippen LogP contribution in [-0.2, 0) is 14.3 Å². The molecule has 2 aromatic carbocycles. The fourth-order valence-electron chi connectivity index (χ4n) is 2.57. The van der Waals surface area contributed by atoms with Crippen molar-refractivity contribution in [3.05, 3.63) is 63.8 Å². The second-order valence-corrected chi connectivity index (χ2v) is 7.05. The van der Waals surface area contributed by atoms with Crippen LogP contribution in [0.25, 0.3) is 6.08 Å². The summed E-state index contributed by atoms with van der Waals surface area (Å²) < 4.78 is 6.20. The molecular formula is C20H18BrN3O3. The molecule has 27 heavy (non-hydrogen) atoms. The first-order valence-electron chi connectivity index (χ1n) is 8.21. The molecule has 7 heteroatoms. The Morgan fingerprint density at radius 1 is 1.19 bits per heavy atom. The summed E-state index contributed by atoms with van der Waals surface area (Å²) >= 11 is 3.53. The average molecular weight is 428 g/mol. The van der Waals surface area contributed by atoms with Crippen molar-refractivity contribution in [3.63, 3.8) is 0 Å². The van der Waals surface area contributed by atoms with Crippen LogP contribution in [0.2, 0.25) is 0 Å². The number of aliphatic imine (C=N–C) groups is 1. The number of amides is 1. The molecule has 1 aliphatic rings. The molecule has 6 nitrogen and oxygen atoms in total. The summed E-state index contributed by atoms with van der Waals surface area (Å²) in [4.78, 5) is 29.5. The molecule has 138 valence electrons. The van der Waals surface area contributed by atoms with Crippen LogP contribution in [0.5, 0.6) is 0 Å². The molecule has 0 saturated carbocycles. The van der Waals surface area contributed by atoms with Gasteiger partial charge in [-0.25, -0.2) is 9.79 Å². The van der Waals surface area contributed by atoms with Gasteiger partial charge in [0.25, 0.3) is 0 Å². The zero-order valence-electron chi connectivity index (χ0n) is 15.1. The number of hydrogen-bond donors (Lipinski definition) is 1. The number of benzene rings is 2. The molecule has 0 unspecified atom stereocenters. The zero-order chi connectivity index (χ0) is 19.6. The third-order valence-corrected chi connectivity index (χ3v) is 4.46. The van der Waals surface area contributed by atoms with Crippen LogP contribution in [0.4, 0.5) is 11.4 Å². The van der Waals surface area contributed by atoms with Crippen molar-refractivity contribution in [1.82, 2.24) is 0 Å². The van der Waals surface area contributed by atoms with E-state index in [2.05, 4.69) is 26.2 Å². The molecule has 0 spiro atoms. The number of hydrogen-bond acceptors (Lipinski definition) is 5. The molecule has 1 aliphatic heterocycles. The highest BCUT2D eigenvalue weighted by atomic mass is 79.9. The molecule has 2 aromatic rings. The minimum atomic E-state index is -0.497. The molecule has 0 saturated heterocycles. The molecule has 0 aliphatic carbocycles. The third-order valence-electron chi connectivity index (χ3n) is 3.83. The highest BCUT2D eigenvalue weighted by molar-refractivity contribution is 9.10. The van der Waals surface area contributed by atoms with E-state index in [1.807, 2.05) is 37.2 Å². The van der Waals surface area contributed by atoms with Gasteiger partial charge in [0.2, 0.25) is 11.8 Å². The van der Waals surface area contributed by atoms with Gasteiger partial charge in [-0.2, -0.15) is 0 Å². The van der Waals surface area contributed by atoms with Crippen LogP contribution in [0.1, 0.15) is 18.1 Å². The summed E-state index contributed by atoms with van der Waals surface area (Å²) in [6.07, 6.45) is 1.69. The number of esters is 1. The molecule has 0 bridgehead atoms. The van der Waals surface area contributed by atoms with E-state index in [0.717, 1.165) is 15.7 Å². The standard InChI is InChI=1S/C20H18BrN3O3/c1-12(25)22-15-7-5-14(6-8-15)19-23-17(20(26)27-19)11-13-4-9-18(24(2)3)16(21)10-13/h4-11H,1-3H3,(H,22,25). The fourth-order valence-corrected chi connectivity index (χ4v) is 3.32. The summed E-state index contributed by atoms with van der Waals surface area (Å²) in [7, 11) is 3.92. The Balaban J connectivity index is 1.84. The van der Waals surface area contributed by atoms with E-state index in [0.29, 0.717) is 11.3 Å². The lowest BCUT2D eigenvalue weighted by Gasteiger charge is -2.14. The maximum Gasteiger partial charge on any atom is 0.363 e. The second-order valence-electron chi connectivity index (χ2n) is 6.20. The summed E-state index contributed by atoms with van der Waals surface area (Å²) in [6.45, 7) is 1.44. The van der Waals surface area contributed by atoms with E-state index < -0.39 is 5.97 Å². The van der Waals surface area contributed by atoms with Crippen LogP contribution >= 0.6 is 15.9 Å². The number of ether oxygens (including phenoxy) is 1. The smallest absolute Gasteiger partial charge is 0.363 e. The van der Waals surface area contributed by atoms with Crippen LogP contribution in [0, 0.1) is 0 Å². The zero-order valence-corrected chi connectivity index (χ0v) is 16.7. The summed E-state index contributed by atoms with van der Waals surface area (Å²) in [5.41, 5.74) is 3.43. The first kappa shape index (κ1) is 18.8. The molecular weight excluding hydrogens is 410 g/mol. The molecule has 1 N–H and O–H groups in total. The van der Waals surface area contributed by atoms with E-state index in [1.54, 1.807) is 30.3 Å². The lowest BCUT2D eigenvalue weighted by molar-refractivity contribution is -0.129. The molecule has 0 aromatic heterocycles. The normalized spacial score (nSPS) is 14.7. The number of cyclic esters (lactones) is 1. The van der Waals surface area contributed by atoms with Gasteiger partial charge in [0.15, 0.2) is 5.70 Å². The Kier molecular flexibility index (Phi) is 5.41. The molecule has 0 atom stereocenters. The quantitative estimate of drug-likeness (QED) is 0.594. The summed E-state index contributed by atoms with van der Waals surface area (Å²) in [5, 5.41) is 2.68. The number of carbonyl (C=O) groups is 2. The Morgan fingerprint density at radius 3 is 2.48 bits per heavy atom. The van der Waals surface area contributed by atoms with Gasteiger partial charge in [-0.1, -0.05) is 6.07 Å². The minimum absolute atomic E-state index is 0.149. The number of rotatable bonds is 4. The van der Waals surface area contributed by atoms with Gasteiger partial charge in [0, 0.05) is 36.7 Å². The molecule has 0 fully saturated rings. The number of anilines is 2. The third kappa shape index (κ3) is 4.43. The maximum absolute atomic E-state index is 12.2. The van der Waals surface area contributed by atoms with Crippen molar-refractivity contribution in [2.24, 2.45) is 4.99 Å². The maximum atomic E-state index is 12.2. The number of carbonyl (C=O) groups excluding carboxylic acids is 2. The first-order chi connectivity index (χ1) is 12.8. The topological polar surface area (TPSA) is 71.0 Å². The van der Waals surface area contributed by atoms with Crippen molar-refractivity contribution < 1.29 is 14.3 Å². The van der Waals surface area contributed by atoms with Crippen molar-refractivity contribution >= 4 is 51.2 Å².